The van der Waals surface area contributed by atoms with Crippen molar-refractivity contribution in [1.82, 2.24) is 0 Å². The molecule has 0 N–H and O–H groups in total. The van der Waals surface area contributed by atoms with Crippen LogP contribution in [0.1, 0.15) is 40.5 Å². The number of Topliss-reactive ketones (excluding diaryl/α,β-unsaturated/α-hetero) is 2. The third-order valence-corrected chi connectivity index (χ3v) is 3.33. The average Bonchev–Trinajstić information content (AvgIpc) is 2.53. The molecular formula is C18H18O2. The maximum Gasteiger partial charge on any atom is 0.173 e. The van der Waals surface area contributed by atoms with E-state index < -0.39 is 5.92 Å². The Kier molecular flexibility index (Phi) is 4.83. The fourth-order valence-corrected chi connectivity index (χ4v) is 2.28. The second-order valence-corrected chi connectivity index (χ2v) is 4.80. The van der Waals surface area contributed by atoms with Gasteiger partial charge in [0.2, 0.25) is 0 Å². The lowest BCUT2D eigenvalue weighted by atomic mass is 9.87. The lowest BCUT2D eigenvalue weighted by Crippen LogP contribution is -2.24. The maximum absolute atomic E-state index is 12.5. The van der Waals surface area contributed by atoms with Crippen LogP contribution in [-0.4, -0.2) is 11.6 Å². The molecule has 102 valence electrons. The molecule has 0 saturated carbocycles. The maximum atomic E-state index is 12.5. The summed E-state index contributed by atoms with van der Waals surface area (Å²) >= 11 is 0. The molecule has 0 spiro atoms. The molecule has 2 aromatic carbocycles. The SMILES string of the molecule is CCCC(C(=O)c1ccccc1)C(=O)c1ccccc1. The van der Waals surface area contributed by atoms with E-state index in [4.69, 9.17) is 0 Å². The van der Waals surface area contributed by atoms with Gasteiger partial charge in [-0.3, -0.25) is 9.59 Å². The van der Waals surface area contributed by atoms with Gasteiger partial charge in [0.05, 0.1) is 5.92 Å². The second-order valence-electron chi connectivity index (χ2n) is 4.80. The highest BCUT2D eigenvalue weighted by Gasteiger charge is 2.27. The summed E-state index contributed by atoms with van der Waals surface area (Å²) in [4.78, 5) is 25.1. The molecule has 0 amide bonds. The van der Waals surface area contributed by atoms with Crippen LogP contribution >= 0.6 is 0 Å². The van der Waals surface area contributed by atoms with Gasteiger partial charge in [0.1, 0.15) is 0 Å². The second kappa shape index (κ2) is 6.80. The Bertz CT molecular complexity index is 521. The third kappa shape index (κ3) is 3.21. The lowest BCUT2D eigenvalue weighted by molar-refractivity contribution is 0.0798. The van der Waals surface area contributed by atoms with Gasteiger partial charge in [-0.2, -0.15) is 0 Å². The van der Waals surface area contributed by atoms with Crippen molar-refractivity contribution in [3.8, 4) is 0 Å². The largest absolute Gasteiger partial charge is 0.293 e. The van der Waals surface area contributed by atoms with Gasteiger partial charge in [0.15, 0.2) is 11.6 Å². The van der Waals surface area contributed by atoms with Gasteiger partial charge in [-0.05, 0) is 6.42 Å². The number of hydrogen-bond acceptors (Lipinski definition) is 2. The van der Waals surface area contributed by atoms with Crippen LogP contribution < -0.4 is 0 Å². The van der Waals surface area contributed by atoms with E-state index >= 15 is 0 Å². The minimum absolute atomic E-state index is 0.0821. The molecule has 0 aliphatic carbocycles. The van der Waals surface area contributed by atoms with Crippen LogP contribution in [0.2, 0.25) is 0 Å². The minimum Gasteiger partial charge on any atom is -0.293 e. The molecule has 0 atom stereocenters. The van der Waals surface area contributed by atoms with Gasteiger partial charge in [-0.15, -0.1) is 0 Å². The van der Waals surface area contributed by atoms with E-state index in [2.05, 4.69) is 0 Å². The molecule has 0 fully saturated rings. The van der Waals surface area contributed by atoms with E-state index in [-0.39, 0.29) is 11.6 Å². The standard InChI is InChI=1S/C18H18O2/c1-2-9-16(17(19)14-10-5-3-6-11-14)18(20)15-12-7-4-8-13-15/h3-8,10-13,16H,2,9H2,1H3. The van der Waals surface area contributed by atoms with Gasteiger partial charge in [0.25, 0.3) is 0 Å². The van der Waals surface area contributed by atoms with E-state index in [1.54, 1.807) is 24.3 Å². The highest BCUT2D eigenvalue weighted by molar-refractivity contribution is 6.16. The predicted octanol–water partition coefficient (Wildman–Crippen LogP) is 4.17. The minimum atomic E-state index is -0.579. The summed E-state index contributed by atoms with van der Waals surface area (Å²) < 4.78 is 0. The Labute approximate surface area is 119 Å². The number of carbonyl (C=O) groups excluding carboxylic acids is 2. The molecule has 2 aromatic rings. The smallest absolute Gasteiger partial charge is 0.173 e. The highest BCUT2D eigenvalue weighted by atomic mass is 16.1. The first-order valence-electron chi connectivity index (χ1n) is 6.92. The first-order chi connectivity index (χ1) is 9.74. The average molecular weight is 266 g/mol. The molecule has 0 radical (unpaired) electrons. The topological polar surface area (TPSA) is 34.1 Å². The molecule has 2 rings (SSSR count). The first kappa shape index (κ1) is 14.2. The van der Waals surface area contributed by atoms with Crippen LogP contribution in [0.25, 0.3) is 0 Å². The lowest BCUT2D eigenvalue weighted by Gasteiger charge is -2.14. The number of rotatable bonds is 6. The van der Waals surface area contributed by atoms with E-state index in [0.29, 0.717) is 17.5 Å². The molecule has 0 unspecified atom stereocenters. The zero-order valence-corrected chi connectivity index (χ0v) is 11.6. The van der Waals surface area contributed by atoms with Crippen molar-refractivity contribution in [2.24, 2.45) is 5.92 Å². The zero-order chi connectivity index (χ0) is 14.4. The number of ketones is 2. The van der Waals surface area contributed by atoms with Crippen molar-refractivity contribution in [2.45, 2.75) is 19.8 Å². The van der Waals surface area contributed by atoms with Crippen molar-refractivity contribution >= 4 is 11.6 Å². The van der Waals surface area contributed by atoms with Gasteiger partial charge < -0.3 is 0 Å². The van der Waals surface area contributed by atoms with E-state index in [9.17, 15) is 9.59 Å². The normalized spacial score (nSPS) is 10.5. The van der Waals surface area contributed by atoms with Crippen molar-refractivity contribution in [1.29, 1.82) is 0 Å². The molecule has 0 heterocycles. The fourth-order valence-electron chi connectivity index (χ4n) is 2.28. The van der Waals surface area contributed by atoms with Gasteiger partial charge >= 0.3 is 0 Å². The molecule has 0 saturated heterocycles. The number of carbonyl (C=O) groups is 2. The highest BCUT2D eigenvalue weighted by Crippen LogP contribution is 2.19. The molecule has 2 nitrogen and oxygen atoms in total. The molecule has 2 heteroatoms. The van der Waals surface area contributed by atoms with Crippen molar-refractivity contribution in [2.75, 3.05) is 0 Å². The first-order valence-corrected chi connectivity index (χ1v) is 6.92. The predicted molar refractivity (Wildman–Crippen MR) is 79.9 cm³/mol. The summed E-state index contributed by atoms with van der Waals surface area (Å²) in [5, 5.41) is 0. The quantitative estimate of drug-likeness (QED) is 0.581. The Morgan fingerprint density at radius 3 is 1.55 bits per heavy atom. The summed E-state index contributed by atoms with van der Waals surface area (Å²) in [5.41, 5.74) is 1.21. The molecule has 0 bridgehead atoms. The number of benzene rings is 2. The monoisotopic (exact) mass is 266 g/mol. The summed E-state index contributed by atoms with van der Waals surface area (Å²) in [6.07, 6.45) is 1.39. The van der Waals surface area contributed by atoms with Crippen LogP contribution in [0.5, 0.6) is 0 Å². The van der Waals surface area contributed by atoms with Gasteiger partial charge in [-0.25, -0.2) is 0 Å². The van der Waals surface area contributed by atoms with Gasteiger partial charge in [-0.1, -0.05) is 74.0 Å². The molecule has 0 aromatic heterocycles. The van der Waals surface area contributed by atoms with Crippen LogP contribution in [0.15, 0.2) is 60.7 Å². The summed E-state index contributed by atoms with van der Waals surface area (Å²) in [5.74, 6) is -0.743. The third-order valence-electron chi connectivity index (χ3n) is 3.33. The Balaban J connectivity index is 2.27. The molecule has 0 aliphatic rings. The Hall–Kier alpha value is -2.22. The molecule has 20 heavy (non-hydrogen) atoms. The van der Waals surface area contributed by atoms with E-state index in [1.165, 1.54) is 0 Å². The fraction of sp³-hybridized carbons (Fsp3) is 0.222. The van der Waals surface area contributed by atoms with Crippen LogP contribution in [0.3, 0.4) is 0 Å². The summed E-state index contributed by atoms with van der Waals surface area (Å²) in [7, 11) is 0. The van der Waals surface area contributed by atoms with Crippen molar-refractivity contribution < 1.29 is 9.59 Å². The molecular weight excluding hydrogens is 248 g/mol. The van der Waals surface area contributed by atoms with Gasteiger partial charge in [0, 0.05) is 11.1 Å². The van der Waals surface area contributed by atoms with Crippen molar-refractivity contribution in [3.05, 3.63) is 71.8 Å². The Morgan fingerprint density at radius 2 is 1.20 bits per heavy atom. The zero-order valence-electron chi connectivity index (χ0n) is 11.6. The summed E-state index contributed by atoms with van der Waals surface area (Å²) in [6, 6.07) is 18.1. The van der Waals surface area contributed by atoms with Crippen molar-refractivity contribution in [3.63, 3.8) is 0 Å². The van der Waals surface area contributed by atoms with Crippen LogP contribution in [-0.2, 0) is 0 Å². The molecule has 0 aliphatic heterocycles. The van der Waals surface area contributed by atoms with E-state index in [0.717, 1.165) is 6.42 Å². The Morgan fingerprint density at radius 1 is 0.800 bits per heavy atom. The van der Waals surface area contributed by atoms with Crippen LogP contribution in [0.4, 0.5) is 0 Å². The van der Waals surface area contributed by atoms with Crippen LogP contribution in [0, 0.1) is 5.92 Å². The van der Waals surface area contributed by atoms with E-state index in [1.807, 2.05) is 43.3 Å². The number of hydrogen-bond donors (Lipinski definition) is 0. The summed E-state index contributed by atoms with van der Waals surface area (Å²) in [6.45, 7) is 1.99.